The minimum atomic E-state index is -1.73. The van der Waals surface area contributed by atoms with Crippen molar-refractivity contribution in [2.24, 2.45) is 17.8 Å². The first-order chi connectivity index (χ1) is 17.8. The van der Waals surface area contributed by atoms with Crippen LogP contribution >= 0.6 is 0 Å². The average molecular weight is 537 g/mol. The summed E-state index contributed by atoms with van der Waals surface area (Å²) < 4.78 is 22.2. The largest absolute Gasteiger partial charge is 0.457 e. The number of ether oxygens (including phenoxy) is 4. The molecule has 0 aromatic rings. The molecule has 11 unspecified atom stereocenters. The number of aliphatic hydroxyl groups excluding tert-OH is 2. The summed E-state index contributed by atoms with van der Waals surface area (Å²) in [6, 6.07) is 0. The molecule has 38 heavy (non-hydrogen) atoms. The van der Waals surface area contributed by atoms with Gasteiger partial charge in [-0.2, -0.15) is 0 Å². The van der Waals surface area contributed by atoms with Gasteiger partial charge in [-0.05, 0) is 37.3 Å². The number of esters is 2. The number of epoxide rings is 2. The first kappa shape index (κ1) is 30.5. The molecule has 3 heterocycles. The van der Waals surface area contributed by atoms with Gasteiger partial charge >= 0.3 is 11.9 Å². The molecule has 0 aromatic carbocycles. The van der Waals surface area contributed by atoms with E-state index in [1.165, 1.54) is 6.92 Å². The second-order valence-electron chi connectivity index (χ2n) is 11.1. The Morgan fingerprint density at radius 3 is 2.66 bits per heavy atom. The highest BCUT2D eigenvalue weighted by Gasteiger charge is 2.62. The number of allylic oxidation sites excluding steroid dienone is 3. The molecule has 9 nitrogen and oxygen atoms in total. The maximum Gasteiger partial charge on any atom is 0.309 e. The van der Waals surface area contributed by atoms with Crippen LogP contribution in [0.1, 0.15) is 67.2 Å². The number of aliphatic hydroxyl groups is 3. The van der Waals surface area contributed by atoms with Gasteiger partial charge in [-0.3, -0.25) is 9.59 Å². The molecule has 0 radical (unpaired) electrons. The Hall–Kier alpha value is -2.04. The van der Waals surface area contributed by atoms with Gasteiger partial charge in [-0.1, -0.05) is 52.0 Å². The predicted octanol–water partition coefficient (Wildman–Crippen LogP) is 2.97. The summed E-state index contributed by atoms with van der Waals surface area (Å²) in [7, 11) is 0. The zero-order valence-corrected chi connectivity index (χ0v) is 23.3. The maximum absolute atomic E-state index is 12.6. The van der Waals surface area contributed by atoms with Gasteiger partial charge in [0.1, 0.15) is 12.2 Å². The van der Waals surface area contributed by atoms with Gasteiger partial charge in [0.2, 0.25) is 5.79 Å². The van der Waals surface area contributed by atoms with Gasteiger partial charge in [-0.15, -0.1) is 0 Å². The van der Waals surface area contributed by atoms with Crippen LogP contribution in [0.3, 0.4) is 0 Å². The van der Waals surface area contributed by atoms with E-state index in [0.29, 0.717) is 6.42 Å². The summed E-state index contributed by atoms with van der Waals surface area (Å²) in [4.78, 5) is 24.2. The lowest BCUT2D eigenvalue weighted by Gasteiger charge is -2.25. The van der Waals surface area contributed by atoms with E-state index in [0.717, 1.165) is 12.0 Å². The third-order valence-corrected chi connectivity index (χ3v) is 7.67. The molecule has 0 bridgehead atoms. The molecule has 3 aliphatic rings. The van der Waals surface area contributed by atoms with Crippen LogP contribution in [0.2, 0.25) is 0 Å². The fourth-order valence-electron chi connectivity index (χ4n) is 5.14. The molecule has 0 saturated carbocycles. The van der Waals surface area contributed by atoms with Gasteiger partial charge in [0.05, 0.1) is 30.8 Å². The molecular weight excluding hydrogens is 492 g/mol. The number of carbonyl (C=O) groups excluding carboxylic acids is 2. The molecule has 0 spiro atoms. The van der Waals surface area contributed by atoms with E-state index >= 15 is 0 Å². The Morgan fingerprint density at radius 1 is 1.29 bits per heavy atom. The van der Waals surface area contributed by atoms with Crippen molar-refractivity contribution in [1.29, 1.82) is 0 Å². The molecule has 2 fully saturated rings. The van der Waals surface area contributed by atoms with E-state index in [-0.39, 0.29) is 48.9 Å². The van der Waals surface area contributed by atoms with E-state index in [1.807, 2.05) is 39.8 Å². The van der Waals surface area contributed by atoms with Crippen molar-refractivity contribution in [2.45, 2.75) is 116 Å². The second-order valence-corrected chi connectivity index (χ2v) is 11.1. The van der Waals surface area contributed by atoms with Crippen molar-refractivity contribution < 1.29 is 43.9 Å². The highest BCUT2D eigenvalue weighted by Crippen LogP contribution is 2.43. The number of rotatable bonds is 9. The number of cyclic esters (lactones) is 1. The van der Waals surface area contributed by atoms with Crippen molar-refractivity contribution >= 4 is 11.9 Å². The monoisotopic (exact) mass is 536 g/mol. The predicted molar refractivity (Wildman–Crippen MR) is 140 cm³/mol. The van der Waals surface area contributed by atoms with E-state index in [4.69, 9.17) is 18.9 Å². The highest BCUT2D eigenvalue weighted by molar-refractivity contribution is 5.70. The Morgan fingerprint density at radius 2 is 2.00 bits per heavy atom. The lowest BCUT2D eigenvalue weighted by atomic mass is 9.93. The summed E-state index contributed by atoms with van der Waals surface area (Å²) in [6.45, 7) is 11.1. The topological polar surface area (TPSA) is 138 Å². The van der Waals surface area contributed by atoms with Crippen molar-refractivity contribution in [2.75, 3.05) is 0 Å². The lowest BCUT2D eigenvalue weighted by molar-refractivity contribution is -0.156. The van der Waals surface area contributed by atoms with E-state index in [9.17, 15) is 24.9 Å². The molecule has 3 rings (SSSR count). The smallest absolute Gasteiger partial charge is 0.309 e. The Kier molecular flexibility index (Phi) is 10.3. The first-order valence-electron chi connectivity index (χ1n) is 13.7. The van der Waals surface area contributed by atoms with E-state index < -0.39 is 42.1 Å². The summed E-state index contributed by atoms with van der Waals surface area (Å²) >= 11 is 0. The van der Waals surface area contributed by atoms with Crippen LogP contribution in [0.4, 0.5) is 0 Å². The number of fused-ring (bicyclic) bond motifs is 1. The van der Waals surface area contributed by atoms with Gasteiger partial charge in [0.25, 0.3) is 0 Å². The summed E-state index contributed by atoms with van der Waals surface area (Å²) in [5.41, 5.74) is 0.800. The van der Waals surface area contributed by atoms with Gasteiger partial charge in [0, 0.05) is 25.2 Å². The van der Waals surface area contributed by atoms with Crippen LogP contribution in [-0.4, -0.2) is 75.8 Å². The van der Waals surface area contributed by atoms with Crippen molar-refractivity contribution in [1.82, 2.24) is 0 Å². The minimum absolute atomic E-state index is 0.00855. The van der Waals surface area contributed by atoms with Gasteiger partial charge in [-0.25, -0.2) is 0 Å². The minimum Gasteiger partial charge on any atom is -0.457 e. The Labute approximate surface area is 225 Å². The molecule has 2 saturated heterocycles. The van der Waals surface area contributed by atoms with Crippen molar-refractivity contribution in [3.05, 3.63) is 36.0 Å². The molecule has 0 aromatic heterocycles. The summed E-state index contributed by atoms with van der Waals surface area (Å²) in [5, 5.41) is 31.2. The molecule has 11 atom stereocenters. The maximum atomic E-state index is 12.6. The molecule has 3 N–H and O–H groups in total. The number of hydrogen-bond donors (Lipinski definition) is 3. The summed E-state index contributed by atoms with van der Waals surface area (Å²) in [5.74, 6) is -2.80. The van der Waals surface area contributed by atoms with Crippen LogP contribution in [0.15, 0.2) is 36.0 Å². The normalized spacial score (nSPS) is 39.1. The average Bonchev–Trinajstić information content (AvgIpc) is 3.74. The first-order valence-corrected chi connectivity index (χ1v) is 13.7. The Balaban J connectivity index is 1.67. The van der Waals surface area contributed by atoms with Crippen molar-refractivity contribution in [3.63, 3.8) is 0 Å². The molecule has 3 aliphatic heterocycles. The third-order valence-electron chi connectivity index (χ3n) is 7.67. The molecule has 0 amide bonds. The van der Waals surface area contributed by atoms with Gasteiger partial charge < -0.3 is 34.3 Å². The second kappa shape index (κ2) is 12.9. The van der Waals surface area contributed by atoms with Crippen LogP contribution in [0, 0.1) is 17.8 Å². The van der Waals surface area contributed by atoms with Crippen LogP contribution < -0.4 is 0 Å². The van der Waals surface area contributed by atoms with Gasteiger partial charge in [0.15, 0.2) is 6.10 Å². The molecule has 9 heteroatoms. The summed E-state index contributed by atoms with van der Waals surface area (Å²) in [6.07, 6.45) is 6.93. The van der Waals surface area contributed by atoms with E-state index in [2.05, 4.69) is 13.0 Å². The van der Waals surface area contributed by atoms with Crippen molar-refractivity contribution in [3.8, 4) is 0 Å². The Bertz CT molecular complexity index is 927. The standard InChI is InChI=1S/C29H44O9/c1-7-22(32)19(5)28-23(36-28)13-16(2)9-8-10-17(3)27-18(4)11-12-24(35-20(6)30)29(34)25(38-29)14-21(31)15-26(33)37-27/h8-12,16,18-19,21-25,27-28,31-32,34H,7,13-15H2,1-6H3/b9-8+,12-11+,17-10+. The quantitative estimate of drug-likeness (QED) is 0.176. The third kappa shape index (κ3) is 7.99. The highest BCUT2D eigenvalue weighted by atomic mass is 16.8. The molecule has 0 aliphatic carbocycles. The molecule has 214 valence electrons. The van der Waals surface area contributed by atoms with Crippen LogP contribution in [0.5, 0.6) is 0 Å². The fraction of sp³-hybridized carbons (Fsp3) is 0.724. The molecular formula is C29H44O9. The van der Waals surface area contributed by atoms with Crippen LogP contribution in [-0.2, 0) is 28.5 Å². The van der Waals surface area contributed by atoms with Crippen LogP contribution in [0.25, 0.3) is 0 Å². The number of carbonyl (C=O) groups is 2. The zero-order chi connectivity index (χ0) is 28.2. The zero-order valence-electron chi connectivity index (χ0n) is 23.3. The SMILES string of the molecule is CCC(O)C(C)C1OC1CC(C)/C=C/C=C(\C)C1OC(=O)CC(O)CC2OC2(O)C(OC(C)=O)/C=C/C1C. The fourth-order valence-corrected chi connectivity index (χ4v) is 5.14. The lowest BCUT2D eigenvalue weighted by Crippen LogP contribution is -2.36. The van der Waals surface area contributed by atoms with E-state index in [1.54, 1.807) is 12.2 Å². The number of hydrogen-bond acceptors (Lipinski definition) is 9.